The third kappa shape index (κ3) is 6.63. The van der Waals surface area contributed by atoms with E-state index in [0.717, 1.165) is 21.0 Å². The number of thiol groups is 1. The van der Waals surface area contributed by atoms with Gasteiger partial charge in [0, 0.05) is 15.9 Å². The van der Waals surface area contributed by atoms with Crippen molar-refractivity contribution >= 4 is 39.3 Å². The van der Waals surface area contributed by atoms with Gasteiger partial charge in [-0.05, 0) is 53.1 Å². The van der Waals surface area contributed by atoms with Gasteiger partial charge in [0.05, 0.1) is 6.54 Å². The molecule has 4 aromatic rings. The quantitative estimate of drug-likeness (QED) is 0.275. The van der Waals surface area contributed by atoms with Gasteiger partial charge in [-0.15, -0.1) is 12.6 Å². The van der Waals surface area contributed by atoms with E-state index in [1.165, 1.54) is 22.4 Å². The van der Waals surface area contributed by atoms with Crippen molar-refractivity contribution in [1.82, 2.24) is 5.32 Å². The van der Waals surface area contributed by atoms with Crippen LogP contribution in [0.2, 0.25) is 0 Å². The number of aryl methyl sites for hydroxylation is 1. The predicted octanol–water partition coefficient (Wildman–Crippen LogP) is 7.79. The lowest BCUT2D eigenvalue weighted by atomic mass is 10.1. The average Bonchev–Trinajstić information content (AvgIpc) is 3.23. The van der Waals surface area contributed by atoms with E-state index < -0.39 is 11.9 Å². The highest BCUT2D eigenvalue weighted by Gasteiger charge is 2.34. The standard InChI is InChI=1S/C13H11BrF3NO.C11H10S/c14-10-3-1-9(2-4-10)7-18-8-11-5-6-12(19-11)13(15,16)17;1-8-6-7-9-4-2-3-5-10(9)11(8)12/h1-6,18H,7-8H2;2-7,12H,1H3. The Morgan fingerprint density at radius 1 is 0.903 bits per heavy atom. The number of hydrogen-bond acceptors (Lipinski definition) is 3. The lowest BCUT2D eigenvalue weighted by Crippen LogP contribution is -2.12. The van der Waals surface area contributed by atoms with Gasteiger partial charge < -0.3 is 9.73 Å². The van der Waals surface area contributed by atoms with Crippen LogP contribution in [-0.4, -0.2) is 0 Å². The molecule has 4 rings (SSSR count). The van der Waals surface area contributed by atoms with Crippen LogP contribution in [0, 0.1) is 6.92 Å². The Hall–Kier alpha value is -2.22. The molecule has 31 heavy (non-hydrogen) atoms. The molecule has 0 atom stereocenters. The third-order valence-electron chi connectivity index (χ3n) is 4.58. The van der Waals surface area contributed by atoms with Crippen LogP contribution in [0.4, 0.5) is 13.2 Å². The molecule has 3 aromatic carbocycles. The molecule has 0 aliphatic carbocycles. The zero-order chi connectivity index (χ0) is 22.4. The molecule has 0 radical (unpaired) electrons. The van der Waals surface area contributed by atoms with E-state index in [0.29, 0.717) is 6.54 Å². The van der Waals surface area contributed by atoms with Crippen molar-refractivity contribution in [2.45, 2.75) is 31.1 Å². The Balaban J connectivity index is 0.000000194. The third-order valence-corrected chi connectivity index (χ3v) is 5.71. The number of benzene rings is 3. The van der Waals surface area contributed by atoms with Gasteiger partial charge in [0.1, 0.15) is 5.76 Å². The number of rotatable bonds is 4. The van der Waals surface area contributed by atoms with Gasteiger partial charge in [0.25, 0.3) is 0 Å². The molecule has 0 bridgehead atoms. The largest absolute Gasteiger partial charge is 0.455 e. The first-order valence-corrected chi connectivity index (χ1v) is 10.8. The lowest BCUT2D eigenvalue weighted by molar-refractivity contribution is -0.153. The molecule has 0 saturated heterocycles. The predicted molar refractivity (Wildman–Crippen MR) is 124 cm³/mol. The molecule has 0 spiro atoms. The van der Waals surface area contributed by atoms with Gasteiger partial charge in [-0.1, -0.05) is 64.5 Å². The highest BCUT2D eigenvalue weighted by atomic mass is 79.9. The van der Waals surface area contributed by atoms with Crippen LogP contribution in [-0.2, 0) is 19.3 Å². The minimum absolute atomic E-state index is 0.256. The van der Waals surface area contributed by atoms with Crippen LogP contribution in [0.1, 0.15) is 22.6 Å². The van der Waals surface area contributed by atoms with Crippen LogP contribution in [0.15, 0.2) is 86.6 Å². The van der Waals surface area contributed by atoms with Crippen LogP contribution >= 0.6 is 28.6 Å². The smallest absolute Gasteiger partial charge is 0.449 e. The van der Waals surface area contributed by atoms with E-state index in [1.807, 2.05) is 36.4 Å². The molecular formula is C24H21BrF3NOS. The summed E-state index contributed by atoms with van der Waals surface area (Å²) in [4.78, 5) is 1.09. The number of furan rings is 1. The summed E-state index contributed by atoms with van der Waals surface area (Å²) in [6.45, 7) is 2.90. The molecule has 162 valence electrons. The fourth-order valence-electron chi connectivity index (χ4n) is 2.92. The van der Waals surface area contributed by atoms with E-state index in [4.69, 9.17) is 4.42 Å². The minimum Gasteiger partial charge on any atom is -0.455 e. The first-order valence-electron chi connectivity index (χ1n) is 9.52. The molecular weight excluding hydrogens is 487 g/mol. The van der Waals surface area contributed by atoms with Crippen molar-refractivity contribution in [2.75, 3.05) is 0 Å². The fraction of sp³-hybridized carbons (Fsp3) is 0.167. The normalized spacial score (nSPS) is 11.3. The Kier molecular flexibility index (Phi) is 7.86. The second-order valence-corrected chi connectivity index (χ2v) is 8.31. The zero-order valence-electron chi connectivity index (χ0n) is 16.7. The number of hydrogen-bond donors (Lipinski definition) is 2. The molecule has 0 fully saturated rings. The summed E-state index contributed by atoms with van der Waals surface area (Å²) in [6.07, 6.45) is -4.43. The molecule has 1 heterocycles. The van der Waals surface area contributed by atoms with Gasteiger partial charge in [-0.2, -0.15) is 13.2 Å². The van der Waals surface area contributed by atoms with Crippen molar-refractivity contribution in [1.29, 1.82) is 0 Å². The molecule has 1 N–H and O–H groups in total. The van der Waals surface area contributed by atoms with Crippen molar-refractivity contribution in [3.8, 4) is 0 Å². The first-order chi connectivity index (χ1) is 14.7. The van der Waals surface area contributed by atoms with Crippen LogP contribution < -0.4 is 5.32 Å². The van der Waals surface area contributed by atoms with E-state index in [9.17, 15) is 13.2 Å². The van der Waals surface area contributed by atoms with Gasteiger partial charge in [-0.3, -0.25) is 0 Å². The van der Waals surface area contributed by atoms with E-state index in [1.54, 1.807) is 0 Å². The van der Waals surface area contributed by atoms with Crippen molar-refractivity contribution < 1.29 is 17.6 Å². The molecule has 0 amide bonds. The van der Waals surface area contributed by atoms with Gasteiger partial charge in [0.15, 0.2) is 0 Å². The first kappa shape index (κ1) is 23.4. The van der Waals surface area contributed by atoms with Gasteiger partial charge in [-0.25, -0.2) is 0 Å². The SMILES string of the molecule is Cc1ccc2ccccc2c1S.FC(F)(F)c1ccc(CNCc2ccc(Br)cc2)o1. The molecule has 7 heteroatoms. The van der Waals surface area contributed by atoms with Crippen LogP contribution in [0.5, 0.6) is 0 Å². The molecule has 0 aliphatic rings. The monoisotopic (exact) mass is 507 g/mol. The maximum atomic E-state index is 12.3. The summed E-state index contributed by atoms with van der Waals surface area (Å²) in [5.74, 6) is -0.697. The van der Waals surface area contributed by atoms with E-state index in [-0.39, 0.29) is 12.3 Å². The average molecular weight is 508 g/mol. The molecule has 1 aromatic heterocycles. The van der Waals surface area contributed by atoms with Gasteiger partial charge in [0.2, 0.25) is 5.76 Å². The highest BCUT2D eigenvalue weighted by Crippen LogP contribution is 2.30. The maximum Gasteiger partial charge on any atom is 0.449 e. The minimum atomic E-state index is -4.43. The van der Waals surface area contributed by atoms with E-state index in [2.05, 4.69) is 65.1 Å². The zero-order valence-corrected chi connectivity index (χ0v) is 19.2. The van der Waals surface area contributed by atoms with E-state index >= 15 is 0 Å². The Labute approximate surface area is 193 Å². The maximum absolute atomic E-state index is 12.3. The van der Waals surface area contributed by atoms with Gasteiger partial charge >= 0.3 is 6.18 Å². The molecule has 0 aliphatic heterocycles. The molecule has 0 saturated carbocycles. The summed E-state index contributed by atoms with van der Waals surface area (Å²) in [5, 5.41) is 5.52. The van der Waals surface area contributed by atoms with Crippen molar-refractivity contribution in [3.05, 3.63) is 99.9 Å². The highest BCUT2D eigenvalue weighted by molar-refractivity contribution is 9.10. The van der Waals surface area contributed by atoms with Crippen molar-refractivity contribution in [3.63, 3.8) is 0 Å². The lowest BCUT2D eigenvalue weighted by Gasteiger charge is -2.04. The summed E-state index contributed by atoms with van der Waals surface area (Å²) in [5.41, 5.74) is 2.28. The van der Waals surface area contributed by atoms with Crippen molar-refractivity contribution in [2.24, 2.45) is 0 Å². The second-order valence-electron chi connectivity index (χ2n) is 6.95. The van der Waals surface area contributed by atoms with Crippen LogP contribution in [0.3, 0.4) is 0 Å². The number of fused-ring (bicyclic) bond motifs is 1. The second kappa shape index (κ2) is 10.4. The summed E-state index contributed by atoms with van der Waals surface area (Å²) in [6, 6.07) is 22.5. The number of halogens is 4. The van der Waals surface area contributed by atoms with Crippen LogP contribution in [0.25, 0.3) is 10.8 Å². The molecule has 2 nitrogen and oxygen atoms in total. The summed E-state index contributed by atoms with van der Waals surface area (Å²) in [7, 11) is 0. The topological polar surface area (TPSA) is 25.2 Å². The number of alkyl halides is 3. The summed E-state index contributed by atoms with van der Waals surface area (Å²) < 4.78 is 42.6. The Morgan fingerprint density at radius 2 is 1.61 bits per heavy atom. The Morgan fingerprint density at radius 3 is 2.29 bits per heavy atom. The molecule has 0 unspecified atom stereocenters. The number of nitrogens with one attached hydrogen (secondary N) is 1. The Bertz CT molecular complexity index is 1140. The summed E-state index contributed by atoms with van der Waals surface area (Å²) >= 11 is 7.79. The fourth-order valence-corrected chi connectivity index (χ4v) is 3.46.